The summed E-state index contributed by atoms with van der Waals surface area (Å²) in [6.45, 7) is 0. The zero-order valence-corrected chi connectivity index (χ0v) is 8.37. The fourth-order valence-electron chi connectivity index (χ4n) is 1.24. The van der Waals surface area contributed by atoms with Gasteiger partial charge in [0.25, 0.3) is 0 Å². The summed E-state index contributed by atoms with van der Waals surface area (Å²) in [6, 6.07) is 5.55. The fourth-order valence-corrected chi connectivity index (χ4v) is 1.24. The van der Waals surface area contributed by atoms with Gasteiger partial charge in [-0.15, -0.1) is 0 Å². The fraction of sp³-hybridized carbons (Fsp3) is 0.364. The molecule has 0 fully saturated rings. The molecular weight excluding hydrogens is 180 g/mol. The molecule has 3 nitrogen and oxygen atoms in total. The van der Waals surface area contributed by atoms with Gasteiger partial charge in [-0.3, -0.25) is 4.79 Å². The molecule has 75 valence electrons. The van der Waals surface area contributed by atoms with Crippen LogP contribution in [-0.4, -0.2) is 20.5 Å². The summed E-state index contributed by atoms with van der Waals surface area (Å²) < 4.78 is 10.2. The lowest BCUT2D eigenvalue weighted by molar-refractivity contribution is 0.391. The minimum Gasteiger partial charge on any atom is -0.497 e. The lowest BCUT2D eigenvalue weighted by Gasteiger charge is -2.08. The maximum Gasteiger partial charge on any atom is 0.198 e. The van der Waals surface area contributed by atoms with Crippen LogP contribution in [0.4, 0.5) is 0 Å². The van der Waals surface area contributed by atoms with Crippen LogP contribution in [0.2, 0.25) is 0 Å². The van der Waals surface area contributed by atoms with E-state index in [1.807, 2.05) is 18.4 Å². The normalized spacial score (nSPS) is 9.57. The van der Waals surface area contributed by atoms with Crippen molar-refractivity contribution in [1.29, 1.82) is 0 Å². The van der Waals surface area contributed by atoms with Crippen LogP contribution < -0.4 is 9.47 Å². The molecule has 3 heteroatoms. The molecular formula is C11H13O3. The van der Waals surface area contributed by atoms with Crippen molar-refractivity contribution in [2.45, 2.75) is 12.8 Å². The molecule has 0 aliphatic heterocycles. The Morgan fingerprint density at radius 2 is 2.07 bits per heavy atom. The number of aryl methyl sites for hydroxylation is 1. The van der Waals surface area contributed by atoms with E-state index in [4.69, 9.17) is 9.47 Å². The summed E-state index contributed by atoms with van der Waals surface area (Å²) in [6.07, 6.45) is 2.90. The van der Waals surface area contributed by atoms with Crippen molar-refractivity contribution in [3.05, 3.63) is 23.8 Å². The molecule has 1 aromatic rings. The molecule has 0 atom stereocenters. The number of rotatable bonds is 5. The number of benzene rings is 1. The van der Waals surface area contributed by atoms with E-state index in [9.17, 15) is 4.79 Å². The van der Waals surface area contributed by atoms with Gasteiger partial charge >= 0.3 is 0 Å². The summed E-state index contributed by atoms with van der Waals surface area (Å²) >= 11 is 0. The molecule has 14 heavy (non-hydrogen) atoms. The predicted molar refractivity (Wildman–Crippen MR) is 53.6 cm³/mol. The Hall–Kier alpha value is -1.51. The quantitative estimate of drug-likeness (QED) is 0.714. The summed E-state index contributed by atoms with van der Waals surface area (Å²) in [5, 5.41) is 0. The molecule has 0 spiro atoms. The molecule has 0 saturated carbocycles. The Labute approximate surface area is 83.6 Å². The molecule has 0 amide bonds. The number of hydrogen-bond donors (Lipinski definition) is 0. The Morgan fingerprint density at radius 3 is 2.64 bits per heavy atom. The highest BCUT2D eigenvalue weighted by atomic mass is 16.5. The summed E-state index contributed by atoms with van der Waals surface area (Å²) in [5.41, 5.74) is 0.997. The SMILES string of the molecule is COc1ccc(CC[C]=O)c(OC)c1. The molecule has 0 N–H and O–H groups in total. The van der Waals surface area contributed by atoms with Gasteiger partial charge in [0.15, 0.2) is 6.29 Å². The van der Waals surface area contributed by atoms with Crippen molar-refractivity contribution in [1.82, 2.24) is 0 Å². The maximum absolute atomic E-state index is 10.1. The minimum atomic E-state index is 0.392. The molecule has 0 aliphatic carbocycles. The molecule has 0 heterocycles. The molecule has 0 unspecified atom stereocenters. The van der Waals surface area contributed by atoms with Crippen molar-refractivity contribution in [3.8, 4) is 11.5 Å². The second kappa shape index (κ2) is 5.27. The van der Waals surface area contributed by atoms with Gasteiger partial charge in [0.2, 0.25) is 0 Å². The van der Waals surface area contributed by atoms with E-state index in [-0.39, 0.29) is 0 Å². The van der Waals surface area contributed by atoms with Crippen LogP contribution in [0.25, 0.3) is 0 Å². The molecule has 1 radical (unpaired) electrons. The van der Waals surface area contributed by atoms with Gasteiger partial charge in [-0.25, -0.2) is 0 Å². The van der Waals surface area contributed by atoms with Crippen LogP contribution in [0.15, 0.2) is 18.2 Å². The number of carbonyl (C=O) groups excluding carboxylic acids is 1. The largest absolute Gasteiger partial charge is 0.497 e. The first-order valence-electron chi connectivity index (χ1n) is 4.37. The molecule has 1 rings (SSSR count). The van der Waals surface area contributed by atoms with Crippen LogP contribution in [0.3, 0.4) is 0 Å². The van der Waals surface area contributed by atoms with Crippen molar-refractivity contribution < 1.29 is 14.3 Å². The van der Waals surface area contributed by atoms with E-state index in [1.165, 1.54) is 0 Å². The van der Waals surface area contributed by atoms with Crippen molar-refractivity contribution in [3.63, 3.8) is 0 Å². The van der Waals surface area contributed by atoms with E-state index in [2.05, 4.69) is 0 Å². The Balaban J connectivity index is 2.87. The van der Waals surface area contributed by atoms with E-state index in [0.717, 1.165) is 17.1 Å². The maximum atomic E-state index is 10.1. The average Bonchev–Trinajstić information content (AvgIpc) is 2.26. The number of hydrogen-bond acceptors (Lipinski definition) is 3. The molecule has 1 aromatic carbocycles. The number of ether oxygens (including phenoxy) is 2. The summed E-state index contributed by atoms with van der Waals surface area (Å²) in [5.74, 6) is 1.50. The van der Waals surface area contributed by atoms with Crippen LogP contribution in [0.1, 0.15) is 12.0 Å². The highest BCUT2D eigenvalue weighted by Crippen LogP contribution is 2.25. The first-order valence-corrected chi connectivity index (χ1v) is 4.37. The van der Waals surface area contributed by atoms with Crippen molar-refractivity contribution in [2.24, 2.45) is 0 Å². The standard InChI is InChI=1S/C11H13O3/c1-13-10-6-5-9(4-3-7-12)11(8-10)14-2/h5-6,8H,3-4H2,1-2H3. The Kier molecular flexibility index (Phi) is 3.98. The van der Waals surface area contributed by atoms with Crippen LogP contribution in [0, 0.1) is 0 Å². The highest BCUT2D eigenvalue weighted by Gasteiger charge is 2.04. The van der Waals surface area contributed by atoms with E-state index >= 15 is 0 Å². The minimum absolute atomic E-state index is 0.392. The third-order valence-corrected chi connectivity index (χ3v) is 1.99. The van der Waals surface area contributed by atoms with Crippen molar-refractivity contribution in [2.75, 3.05) is 14.2 Å². The monoisotopic (exact) mass is 193 g/mol. The van der Waals surface area contributed by atoms with Gasteiger partial charge in [-0.1, -0.05) is 6.07 Å². The third kappa shape index (κ3) is 2.49. The van der Waals surface area contributed by atoms with Gasteiger partial charge in [0.1, 0.15) is 11.5 Å². The van der Waals surface area contributed by atoms with E-state index < -0.39 is 0 Å². The molecule has 0 aromatic heterocycles. The summed E-state index contributed by atoms with van der Waals surface area (Å²) in [4.78, 5) is 10.1. The molecule has 0 saturated heterocycles. The Bertz CT molecular complexity index is 307. The van der Waals surface area contributed by atoms with Crippen LogP contribution in [-0.2, 0) is 11.2 Å². The van der Waals surface area contributed by atoms with Crippen molar-refractivity contribution >= 4 is 6.29 Å². The number of methoxy groups -OCH3 is 2. The van der Waals surface area contributed by atoms with Gasteiger partial charge in [0.05, 0.1) is 14.2 Å². The smallest absolute Gasteiger partial charge is 0.198 e. The zero-order valence-electron chi connectivity index (χ0n) is 8.37. The second-order valence-corrected chi connectivity index (χ2v) is 2.82. The van der Waals surface area contributed by atoms with Gasteiger partial charge in [0, 0.05) is 12.5 Å². The van der Waals surface area contributed by atoms with E-state index in [0.29, 0.717) is 12.8 Å². The van der Waals surface area contributed by atoms with E-state index in [1.54, 1.807) is 20.3 Å². The van der Waals surface area contributed by atoms with Gasteiger partial charge in [-0.2, -0.15) is 0 Å². The zero-order chi connectivity index (χ0) is 10.4. The van der Waals surface area contributed by atoms with Crippen LogP contribution >= 0.6 is 0 Å². The lowest BCUT2D eigenvalue weighted by Crippen LogP contribution is -1.94. The molecule has 0 aliphatic rings. The molecule has 0 bridgehead atoms. The predicted octanol–water partition coefficient (Wildman–Crippen LogP) is 1.75. The Morgan fingerprint density at radius 1 is 1.29 bits per heavy atom. The average molecular weight is 193 g/mol. The summed E-state index contributed by atoms with van der Waals surface area (Å²) in [7, 11) is 3.20. The third-order valence-electron chi connectivity index (χ3n) is 1.99. The topological polar surface area (TPSA) is 35.5 Å². The lowest BCUT2D eigenvalue weighted by atomic mass is 10.1. The van der Waals surface area contributed by atoms with Gasteiger partial charge in [-0.05, 0) is 18.1 Å². The first-order chi connectivity index (χ1) is 6.81. The highest BCUT2D eigenvalue weighted by molar-refractivity contribution is 5.52. The van der Waals surface area contributed by atoms with Crippen LogP contribution in [0.5, 0.6) is 11.5 Å². The second-order valence-electron chi connectivity index (χ2n) is 2.82. The first kappa shape index (κ1) is 10.6. The van der Waals surface area contributed by atoms with Gasteiger partial charge < -0.3 is 9.47 Å².